The van der Waals surface area contributed by atoms with Crippen molar-refractivity contribution >= 4 is 33.8 Å². The quantitative estimate of drug-likeness (QED) is 0.610. The van der Waals surface area contributed by atoms with Gasteiger partial charge in [-0.15, -0.1) is 0 Å². The third-order valence-electron chi connectivity index (χ3n) is 5.38. The predicted molar refractivity (Wildman–Crippen MR) is 118 cm³/mol. The Hall–Kier alpha value is -3.46. The lowest BCUT2D eigenvalue weighted by atomic mass is 9.96. The molecule has 166 valence electrons. The monoisotopic (exact) mass is 455 g/mol. The maximum absolute atomic E-state index is 13.3. The van der Waals surface area contributed by atoms with Crippen LogP contribution in [-0.4, -0.2) is 32.4 Å². The lowest BCUT2D eigenvalue weighted by Gasteiger charge is -2.30. The van der Waals surface area contributed by atoms with Crippen molar-refractivity contribution < 1.29 is 22.0 Å². The molecular formula is C23H22FN3O4S. The normalized spacial score (nSPS) is 15.3. The van der Waals surface area contributed by atoms with Crippen molar-refractivity contribution in [3.05, 3.63) is 71.9 Å². The number of hydrogen-bond acceptors (Lipinski definition) is 6. The molecule has 0 atom stereocenters. The van der Waals surface area contributed by atoms with E-state index in [1.54, 1.807) is 41.3 Å². The van der Waals surface area contributed by atoms with E-state index in [-0.39, 0.29) is 39.3 Å². The fraction of sp³-hybridized carbons (Fsp3) is 0.217. The van der Waals surface area contributed by atoms with Gasteiger partial charge in [0.25, 0.3) is 0 Å². The van der Waals surface area contributed by atoms with Gasteiger partial charge in [0.15, 0.2) is 0 Å². The summed E-state index contributed by atoms with van der Waals surface area (Å²) in [6.45, 7) is 0.836. The highest BCUT2D eigenvalue weighted by molar-refractivity contribution is 7.91. The predicted octanol–water partition coefficient (Wildman–Crippen LogP) is 3.52. The Morgan fingerprint density at radius 3 is 2.34 bits per heavy atom. The second kappa shape index (κ2) is 8.96. The zero-order valence-electron chi connectivity index (χ0n) is 17.1. The molecule has 9 heteroatoms. The molecule has 2 aromatic carbocycles. The molecule has 0 saturated carbocycles. The van der Waals surface area contributed by atoms with Crippen molar-refractivity contribution in [2.24, 2.45) is 11.7 Å². The number of benzene rings is 2. The molecular weight excluding hydrogens is 433 g/mol. The van der Waals surface area contributed by atoms with Gasteiger partial charge in [-0.3, -0.25) is 4.79 Å². The molecule has 1 aliphatic rings. The summed E-state index contributed by atoms with van der Waals surface area (Å²) in [5, 5.41) is -0.181. The Morgan fingerprint density at radius 1 is 1.06 bits per heavy atom. The Morgan fingerprint density at radius 2 is 1.72 bits per heavy atom. The number of nitrogens with zero attached hydrogens (tertiary/aromatic N) is 2. The Labute approximate surface area is 185 Å². The number of rotatable bonds is 6. The average Bonchev–Trinajstić information content (AvgIpc) is 3.25. The first-order valence-electron chi connectivity index (χ1n) is 10.1. The number of carbonyl (C=O) groups excluding carboxylic acids is 1. The number of amides is 1. The van der Waals surface area contributed by atoms with Crippen molar-refractivity contribution in [2.75, 3.05) is 18.0 Å². The summed E-state index contributed by atoms with van der Waals surface area (Å²) in [5.41, 5.74) is 6.12. The van der Waals surface area contributed by atoms with Gasteiger partial charge in [-0.05, 0) is 48.7 Å². The second-order valence-electron chi connectivity index (χ2n) is 7.53. The van der Waals surface area contributed by atoms with Crippen molar-refractivity contribution in [1.29, 1.82) is 0 Å². The van der Waals surface area contributed by atoms with E-state index in [9.17, 15) is 17.6 Å². The standard InChI is InChI=1S/C23H22FN3O4S/c24-18-9-6-16(7-10-18)8-11-20-26-22(32(29,30)19-4-2-1-3-5-19)23(31-20)27-14-12-17(13-15-27)21(25)28/h1-11,17H,12-15H2,(H2,25,28)/b11-8+. The molecule has 4 rings (SSSR count). The molecule has 1 aromatic heterocycles. The molecule has 1 fully saturated rings. The van der Waals surface area contributed by atoms with Gasteiger partial charge >= 0.3 is 0 Å². The maximum atomic E-state index is 13.3. The molecule has 0 spiro atoms. The summed E-state index contributed by atoms with van der Waals surface area (Å²) >= 11 is 0. The van der Waals surface area contributed by atoms with Crippen LogP contribution in [0.3, 0.4) is 0 Å². The van der Waals surface area contributed by atoms with Crippen LogP contribution in [0, 0.1) is 11.7 Å². The third-order valence-corrected chi connectivity index (χ3v) is 7.04. The smallest absolute Gasteiger partial charge is 0.236 e. The maximum Gasteiger partial charge on any atom is 0.236 e. The van der Waals surface area contributed by atoms with Crippen molar-refractivity contribution in [1.82, 2.24) is 4.98 Å². The van der Waals surface area contributed by atoms with Gasteiger partial charge in [-0.2, -0.15) is 4.98 Å². The number of piperidine rings is 1. The SMILES string of the molecule is NC(=O)C1CCN(c2oc(/C=C/c3ccc(F)cc3)nc2S(=O)(=O)c2ccccc2)CC1. The lowest BCUT2D eigenvalue weighted by molar-refractivity contribution is -0.122. The van der Waals surface area contributed by atoms with Crippen molar-refractivity contribution in [3.8, 4) is 0 Å². The number of primary amides is 1. The number of oxazole rings is 1. The van der Waals surface area contributed by atoms with Crippen molar-refractivity contribution in [2.45, 2.75) is 22.8 Å². The highest BCUT2D eigenvalue weighted by Crippen LogP contribution is 2.34. The van der Waals surface area contributed by atoms with E-state index in [2.05, 4.69) is 4.98 Å². The van der Waals surface area contributed by atoms with Crippen LogP contribution < -0.4 is 10.6 Å². The topological polar surface area (TPSA) is 106 Å². The summed E-state index contributed by atoms with van der Waals surface area (Å²) in [5.74, 6) is -0.717. The van der Waals surface area contributed by atoms with Crippen LogP contribution in [0.1, 0.15) is 24.3 Å². The lowest BCUT2D eigenvalue weighted by Crippen LogP contribution is -2.38. The number of halogens is 1. The van der Waals surface area contributed by atoms with Gasteiger partial charge in [-0.25, -0.2) is 12.8 Å². The zero-order chi connectivity index (χ0) is 22.7. The van der Waals surface area contributed by atoms with E-state index in [4.69, 9.17) is 10.2 Å². The molecule has 0 unspecified atom stereocenters. The van der Waals surface area contributed by atoms with Crippen LogP contribution in [-0.2, 0) is 14.6 Å². The number of sulfone groups is 1. The van der Waals surface area contributed by atoms with E-state index >= 15 is 0 Å². The average molecular weight is 456 g/mol. The van der Waals surface area contributed by atoms with Gasteiger partial charge < -0.3 is 15.1 Å². The van der Waals surface area contributed by atoms with Gasteiger partial charge in [0.1, 0.15) is 5.82 Å². The van der Waals surface area contributed by atoms with Gasteiger partial charge in [-0.1, -0.05) is 30.3 Å². The summed E-state index contributed by atoms with van der Waals surface area (Å²) in [7, 11) is -3.94. The highest BCUT2D eigenvalue weighted by Gasteiger charge is 2.33. The first-order valence-corrected chi connectivity index (χ1v) is 11.6. The molecule has 32 heavy (non-hydrogen) atoms. The summed E-state index contributed by atoms with van der Waals surface area (Å²) in [4.78, 5) is 17.6. The largest absolute Gasteiger partial charge is 0.420 e. The van der Waals surface area contributed by atoms with Crippen LogP contribution in [0.4, 0.5) is 10.3 Å². The first kappa shape index (κ1) is 21.8. The van der Waals surface area contributed by atoms with E-state index in [0.717, 1.165) is 0 Å². The Kier molecular flexibility index (Phi) is 6.09. The molecule has 3 aromatic rings. The molecule has 1 aliphatic heterocycles. The fourth-order valence-corrected chi connectivity index (χ4v) is 4.93. The van der Waals surface area contributed by atoms with Gasteiger partial charge in [0, 0.05) is 25.1 Å². The van der Waals surface area contributed by atoms with Gasteiger partial charge in [0.05, 0.1) is 4.90 Å². The number of anilines is 1. The summed E-state index contributed by atoms with van der Waals surface area (Å²) in [6, 6.07) is 13.8. The molecule has 1 saturated heterocycles. The Bertz CT molecular complexity index is 1230. The molecule has 0 radical (unpaired) electrons. The van der Waals surface area contributed by atoms with Crippen LogP contribution in [0.5, 0.6) is 0 Å². The van der Waals surface area contributed by atoms with Gasteiger partial charge in [0.2, 0.25) is 32.5 Å². The van der Waals surface area contributed by atoms with E-state index in [1.165, 1.54) is 30.3 Å². The van der Waals surface area contributed by atoms with Crippen LogP contribution in [0.25, 0.3) is 12.2 Å². The van der Waals surface area contributed by atoms with Crippen LogP contribution >= 0.6 is 0 Å². The fourth-order valence-electron chi connectivity index (χ4n) is 3.58. The molecule has 1 amide bonds. The van der Waals surface area contributed by atoms with E-state index in [1.807, 2.05) is 0 Å². The minimum Gasteiger partial charge on any atom is -0.420 e. The Balaban J connectivity index is 1.70. The number of aromatic nitrogens is 1. The summed E-state index contributed by atoms with van der Waals surface area (Å²) < 4.78 is 45.6. The van der Waals surface area contributed by atoms with Crippen LogP contribution in [0.2, 0.25) is 0 Å². The molecule has 2 heterocycles. The minimum atomic E-state index is -3.94. The number of nitrogens with two attached hydrogens (primary N) is 1. The molecule has 0 aliphatic carbocycles. The van der Waals surface area contributed by atoms with E-state index < -0.39 is 9.84 Å². The molecule has 7 nitrogen and oxygen atoms in total. The highest BCUT2D eigenvalue weighted by atomic mass is 32.2. The summed E-state index contributed by atoms with van der Waals surface area (Å²) in [6.07, 6.45) is 4.20. The zero-order valence-corrected chi connectivity index (χ0v) is 18.0. The van der Waals surface area contributed by atoms with E-state index in [0.29, 0.717) is 31.5 Å². The first-order chi connectivity index (χ1) is 15.3. The third kappa shape index (κ3) is 4.57. The number of hydrogen-bond donors (Lipinski definition) is 1. The minimum absolute atomic E-state index is 0.107. The van der Waals surface area contributed by atoms with Crippen LogP contribution in [0.15, 0.2) is 68.9 Å². The molecule has 0 bridgehead atoms. The number of carbonyl (C=O) groups is 1. The second-order valence-corrected chi connectivity index (χ2v) is 9.39. The van der Waals surface area contributed by atoms with Crippen molar-refractivity contribution in [3.63, 3.8) is 0 Å². The molecule has 2 N–H and O–H groups in total.